The second kappa shape index (κ2) is 2.40. The lowest BCUT2D eigenvalue weighted by Crippen LogP contribution is -2.03. The molecule has 0 aromatic carbocycles. The Morgan fingerprint density at radius 2 is 2.38 bits per heavy atom. The Bertz CT molecular complexity index is 634. The van der Waals surface area contributed by atoms with Gasteiger partial charge in [-0.3, -0.25) is 4.79 Å². The zero-order valence-electron chi connectivity index (χ0n) is 6.40. The van der Waals surface area contributed by atoms with E-state index in [1.807, 2.05) is 11.4 Å². The van der Waals surface area contributed by atoms with Gasteiger partial charge in [0.25, 0.3) is 5.56 Å². The van der Waals surface area contributed by atoms with E-state index in [2.05, 4.69) is 9.97 Å². The van der Waals surface area contributed by atoms with Crippen molar-refractivity contribution in [1.82, 2.24) is 9.97 Å². The van der Waals surface area contributed by atoms with Crippen molar-refractivity contribution in [2.45, 2.75) is 0 Å². The molecule has 3 heterocycles. The molecule has 0 atom stereocenters. The van der Waals surface area contributed by atoms with Crippen LogP contribution in [0.1, 0.15) is 0 Å². The number of rotatable bonds is 0. The summed E-state index contributed by atoms with van der Waals surface area (Å²) in [6.45, 7) is 0. The molecule has 1 N–H and O–H groups in total. The van der Waals surface area contributed by atoms with E-state index < -0.39 is 0 Å². The molecule has 0 saturated carbocycles. The van der Waals surface area contributed by atoms with Crippen LogP contribution in [0.4, 0.5) is 0 Å². The third-order valence-electron chi connectivity index (χ3n) is 1.88. The van der Waals surface area contributed by atoms with E-state index in [4.69, 9.17) is 0 Å². The van der Waals surface area contributed by atoms with Gasteiger partial charge in [0, 0.05) is 4.70 Å². The van der Waals surface area contributed by atoms with Gasteiger partial charge in [-0.05, 0) is 11.4 Å². The van der Waals surface area contributed by atoms with Gasteiger partial charge >= 0.3 is 0 Å². The van der Waals surface area contributed by atoms with E-state index in [-0.39, 0.29) is 5.56 Å². The SMILES string of the molecule is O=c1[nH]cnc2sc3ccsc3c12. The third kappa shape index (κ3) is 0.882. The average molecular weight is 208 g/mol. The highest BCUT2D eigenvalue weighted by atomic mass is 32.1. The number of fused-ring (bicyclic) bond motifs is 3. The van der Waals surface area contributed by atoms with E-state index in [0.29, 0.717) is 0 Å². The van der Waals surface area contributed by atoms with Gasteiger partial charge in [0.15, 0.2) is 0 Å². The van der Waals surface area contributed by atoms with E-state index in [9.17, 15) is 4.79 Å². The molecule has 3 aromatic rings. The number of hydrogen-bond acceptors (Lipinski definition) is 4. The Labute approximate surface area is 80.7 Å². The molecule has 0 aliphatic rings. The molecule has 0 unspecified atom stereocenters. The molecule has 0 spiro atoms. The van der Waals surface area contributed by atoms with Crippen molar-refractivity contribution in [3.63, 3.8) is 0 Å². The predicted molar refractivity (Wildman–Crippen MR) is 55.6 cm³/mol. The standard InChI is InChI=1S/C8H4N2OS2/c11-7-5-6-4(1-2-12-6)13-8(5)10-3-9-7/h1-3H,(H,9,10,11). The number of aromatic nitrogens is 2. The van der Waals surface area contributed by atoms with Crippen molar-refractivity contribution < 1.29 is 0 Å². The summed E-state index contributed by atoms with van der Waals surface area (Å²) in [5, 5.41) is 2.73. The molecule has 0 radical (unpaired) electrons. The van der Waals surface area contributed by atoms with E-state index >= 15 is 0 Å². The smallest absolute Gasteiger partial charge is 0.260 e. The molecule has 3 nitrogen and oxygen atoms in total. The number of H-pyrrole nitrogens is 1. The van der Waals surface area contributed by atoms with Crippen molar-refractivity contribution in [2.75, 3.05) is 0 Å². The number of aromatic amines is 1. The molecule has 0 saturated heterocycles. The predicted octanol–water partition coefficient (Wildman–Crippen LogP) is 2.20. The first-order valence-corrected chi connectivity index (χ1v) is 5.39. The monoisotopic (exact) mass is 208 g/mol. The molecule has 64 valence electrons. The molecule has 0 aliphatic carbocycles. The highest BCUT2D eigenvalue weighted by Crippen LogP contribution is 2.33. The maximum Gasteiger partial charge on any atom is 0.260 e. The Hall–Kier alpha value is -1.20. The van der Waals surface area contributed by atoms with Crippen molar-refractivity contribution in [1.29, 1.82) is 0 Å². The maximum absolute atomic E-state index is 11.5. The van der Waals surface area contributed by atoms with Crippen LogP contribution in [0.15, 0.2) is 22.6 Å². The van der Waals surface area contributed by atoms with Crippen LogP contribution in [0.25, 0.3) is 19.6 Å². The van der Waals surface area contributed by atoms with Crippen LogP contribution < -0.4 is 5.56 Å². The van der Waals surface area contributed by atoms with Gasteiger partial charge in [-0.25, -0.2) is 4.98 Å². The van der Waals surface area contributed by atoms with Crippen LogP contribution in [0, 0.1) is 0 Å². The van der Waals surface area contributed by atoms with Crippen LogP contribution >= 0.6 is 22.7 Å². The number of thiophene rings is 2. The fourth-order valence-electron chi connectivity index (χ4n) is 1.33. The second-order valence-electron chi connectivity index (χ2n) is 2.63. The van der Waals surface area contributed by atoms with Gasteiger partial charge in [-0.15, -0.1) is 22.7 Å². The fourth-order valence-corrected chi connectivity index (χ4v) is 3.52. The summed E-state index contributed by atoms with van der Waals surface area (Å²) in [5.74, 6) is 0. The molecule has 0 bridgehead atoms. The van der Waals surface area contributed by atoms with Gasteiger partial charge < -0.3 is 4.98 Å². The van der Waals surface area contributed by atoms with Gasteiger partial charge in [-0.2, -0.15) is 0 Å². The third-order valence-corrected chi connectivity index (χ3v) is 4.01. The minimum absolute atomic E-state index is 0.0429. The first kappa shape index (κ1) is 7.23. The number of hydrogen-bond donors (Lipinski definition) is 1. The van der Waals surface area contributed by atoms with Crippen molar-refractivity contribution >= 4 is 42.3 Å². The van der Waals surface area contributed by atoms with Gasteiger partial charge in [0.2, 0.25) is 0 Å². The highest BCUT2D eigenvalue weighted by molar-refractivity contribution is 7.31. The van der Waals surface area contributed by atoms with Crippen LogP contribution in [-0.2, 0) is 0 Å². The molecule has 0 aliphatic heterocycles. The van der Waals surface area contributed by atoms with E-state index in [0.717, 1.165) is 19.6 Å². The maximum atomic E-state index is 11.5. The molecule has 3 rings (SSSR count). The molecule has 13 heavy (non-hydrogen) atoms. The summed E-state index contributed by atoms with van der Waals surface area (Å²) in [6, 6.07) is 2.02. The summed E-state index contributed by atoms with van der Waals surface area (Å²) < 4.78 is 2.19. The van der Waals surface area contributed by atoms with Crippen molar-refractivity contribution in [3.8, 4) is 0 Å². The largest absolute Gasteiger partial charge is 0.313 e. The van der Waals surface area contributed by atoms with Crippen molar-refractivity contribution in [2.24, 2.45) is 0 Å². The number of nitrogens with zero attached hydrogens (tertiary/aromatic N) is 1. The Morgan fingerprint density at radius 3 is 3.31 bits per heavy atom. The zero-order valence-corrected chi connectivity index (χ0v) is 8.04. The van der Waals surface area contributed by atoms with Crippen LogP contribution in [0.3, 0.4) is 0 Å². The van der Waals surface area contributed by atoms with Gasteiger partial charge in [0.1, 0.15) is 4.83 Å². The topological polar surface area (TPSA) is 45.8 Å². The van der Waals surface area contributed by atoms with Gasteiger partial charge in [-0.1, -0.05) is 0 Å². The Balaban J connectivity index is 2.77. The average Bonchev–Trinajstić information content (AvgIpc) is 2.62. The fraction of sp³-hybridized carbons (Fsp3) is 0. The quantitative estimate of drug-likeness (QED) is 0.615. The van der Waals surface area contributed by atoms with E-state index in [1.54, 1.807) is 22.7 Å². The molecule has 5 heteroatoms. The molecule has 0 fully saturated rings. The summed E-state index contributed by atoms with van der Waals surface area (Å²) in [4.78, 5) is 19.0. The molecular formula is C8H4N2OS2. The minimum Gasteiger partial charge on any atom is -0.313 e. The lowest BCUT2D eigenvalue weighted by molar-refractivity contribution is 1.18. The van der Waals surface area contributed by atoms with Crippen LogP contribution in [0.2, 0.25) is 0 Å². The zero-order chi connectivity index (χ0) is 8.84. The minimum atomic E-state index is -0.0429. The summed E-state index contributed by atoms with van der Waals surface area (Å²) in [5.41, 5.74) is -0.0429. The Morgan fingerprint density at radius 1 is 1.46 bits per heavy atom. The lowest BCUT2D eigenvalue weighted by atomic mass is 10.4. The van der Waals surface area contributed by atoms with Crippen molar-refractivity contribution in [3.05, 3.63) is 28.1 Å². The summed E-state index contributed by atoms with van der Waals surface area (Å²) >= 11 is 3.15. The second-order valence-corrected chi connectivity index (χ2v) is 4.57. The summed E-state index contributed by atoms with van der Waals surface area (Å²) in [7, 11) is 0. The molecular weight excluding hydrogens is 204 g/mol. The first-order chi connectivity index (χ1) is 6.36. The normalized spacial score (nSPS) is 11.4. The summed E-state index contributed by atoms with van der Waals surface area (Å²) in [6.07, 6.45) is 1.45. The van der Waals surface area contributed by atoms with Gasteiger partial charge in [0.05, 0.1) is 16.4 Å². The first-order valence-electron chi connectivity index (χ1n) is 3.69. The molecule has 0 amide bonds. The number of nitrogens with one attached hydrogen (secondary N) is 1. The molecule has 3 aromatic heterocycles. The lowest BCUT2D eigenvalue weighted by Gasteiger charge is -1.84. The van der Waals surface area contributed by atoms with E-state index in [1.165, 1.54) is 6.33 Å². The van der Waals surface area contributed by atoms with Crippen LogP contribution in [0.5, 0.6) is 0 Å². The highest BCUT2D eigenvalue weighted by Gasteiger charge is 2.09. The Kier molecular flexibility index (Phi) is 1.33. The van der Waals surface area contributed by atoms with Crippen LogP contribution in [-0.4, -0.2) is 9.97 Å².